The summed E-state index contributed by atoms with van der Waals surface area (Å²) in [6, 6.07) is 25.1. The van der Waals surface area contributed by atoms with E-state index in [1.54, 1.807) is 50.2 Å². The van der Waals surface area contributed by atoms with Gasteiger partial charge in [-0.2, -0.15) is 0 Å². The van der Waals surface area contributed by atoms with Gasteiger partial charge in [0.15, 0.2) is 0 Å². The molecule has 4 aromatic rings. The summed E-state index contributed by atoms with van der Waals surface area (Å²) in [6.45, 7) is 4.72. The van der Waals surface area contributed by atoms with Crippen LogP contribution in [0.25, 0.3) is 0 Å². The van der Waals surface area contributed by atoms with E-state index in [2.05, 4.69) is 5.32 Å². The molecule has 0 aliphatic rings. The van der Waals surface area contributed by atoms with Crippen molar-refractivity contribution in [2.75, 3.05) is 17.4 Å². The number of nitrogens with zero attached hydrogens (tertiary/aromatic N) is 2. The Labute approximate surface area is 263 Å². The SMILES string of the molecule is CCNC(=O)[C@H](Cc1ccccc1)N(Cc1ccccc1F)C(=O)CN(c1ccc(Cl)cc1C)S(=O)(=O)c1ccc(C)cc1. The average Bonchev–Trinajstić information content (AvgIpc) is 2.99. The van der Waals surface area contributed by atoms with Crippen molar-refractivity contribution in [3.05, 3.63) is 130 Å². The Hall–Kier alpha value is -4.21. The minimum atomic E-state index is -4.26. The summed E-state index contributed by atoms with van der Waals surface area (Å²) < 4.78 is 44.2. The molecule has 0 unspecified atom stereocenters. The van der Waals surface area contributed by atoms with Crippen molar-refractivity contribution in [1.82, 2.24) is 10.2 Å². The fourth-order valence-corrected chi connectivity index (χ4v) is 6.61. The van der Waals surface area contributed by atoms with Crippen LogP contribution in [0.3, 0.4) is 0 Å². The predicted octanol–water partition coefficient (Wildman–Crippen LogP) is 6.07. The number of nitrogens with one attached hydrogen (secondary N) is 1. The molecule has 2 amide bonds. The summed E-state index contributed by atoms with van der Waals surface area (Å²) in [5.74, 6) is -1.65. The number of hydrogen-bond donors (Lipinski definition) is 1. The van der Waals surface area contributed by atoms with Crippen LogP contribution in [0, 0.1) is 19.7 Å². The number of benzene rings is 4. The third-order valence-corrected chi connectivity index (χ3v) is 9.25. The first kappa shape index (κ1) is 32.7. The second-order valence-corrected chi connectivity index (χ2v) is 12.8. The second kappa shape index (κ2) is 14.5. The lowest BCUT2D eigenvalue weighted by molar-refractivity contribution is -0.140. The van der Waals surface area contributed by atoms with Crippen LogP contribution < -0.4 is 9.62 Å². The van der Waals surface area contributed by atoms with Crippen LogP contribution in [0.15, 0.2) is 102 Å². The number of sulfonamides is 1. The molecule has 1 N–H and O–H groups in total. The fraction of sp³-hybridized carbons (Fsp3) is 0.235. The van der Waals surface area contributed by atoms with Crippen molar-refractivity contribution in [3.63, 3.8) is 0 Å². The summed E-state index contributed by atoms with van der Waals surface area (Å²) in [6.07, 6.45) is 0.136. The Bertz CT molecular complexity index is 1720. The van der Waals surface area contributed by atoms with E-state index in [0.29, 0.717) is 17.1 Å². The van der Waals surface area contributed by atoms with E-state index in [9.17, 15) is 22.4 Å². The predicted molar refractivity (Wildman–Crippen MR) is 171 cm³/mol. The molecule has 0 spiro atoms. The molecule has 10 heteroatoms. The van der Waals surface area contributed by atoms with E-state index in [-0.39, 0.29) is 29.1 Å². The number of anilines is 1. The smallest absolute Gasteiger partial charge is 0.264 e. The van der Waals surface area contributed by atoms with E-state index in [0.717, 1.165) is 15.4 Å². The normalized spacial score (nSPS) is 11.9. The molecular formula is C34H35ClFN3O4S. The molecule has 0 aliphatic heterocycles. The van der Waals surface area contributed by atoms with Gasteiger partial charge >= 0.3 is 0 Å². The number of rotatable bonds is 12. The van der Waals surface area contributed by atoms with Crippen LogP contribution in [0.2, 0.25) is 5.02 Å². The van der Waals surface area contributed by atoms with Gasteiger partial charge in [0.25, 0.3) is 10.0 Å². The Morgan fingerprint density at radius 1 is 0.909 bits per heavy atom. The van der Waals surface area contributed by atoms with E-state index in [1.165, 1.54) is 35.2 Å². The summed E-state index contributed by atoms with van der Waals surface area (Å²) in [5, 5.41) is 3.20. The van der Waals surface area contributed by atoms with Crippen LogP contribution in [-0.2, 0) is 32.6 Å². The molecule has 0 aromatic heterocycles. The van der Waals surface area contributed by atoms with Gasteiger partial charge in [-0.15, -0.1) is 0 Å². The number of amides is 2. The zero-order chi connectivity index (χ0) is 31.9. The Morgan fingerprint density at radius 3 is 2.20 bits per heavy atom. The monoisotopic (exact) mass is 635 g/mol. The molecule has 0 radical (unpaired) electrons. The molecule has 230 valence electrons. The maximum atomic E-state index is 15.0. The molecule has 0 saturated heterocycles. The molecular weight excluding hydrogens is 601 g/mol. The highest BCUT2D eigenvalue weighted by Crippen LogP contribution is 2.30. The van der Waals surface area contributed by atoms with E-state index in [4.69, 9.17) is 11.6 Å². The highest BCUT2D eigenvalue weighted by atomic mass is 35.5. The minimum Gasteiger partial charge on any atom is -0.355 e. The van der Waals surface area contributed by atoms with Crippen LogP contribution >= 0.6 is 11.6 Å². The van der Waals surface area contributed by atoms with Gasteiger partial charge in [0.2, 0.25) is 11.8 Å². The number of carbonyl (C=O) groups is 2. The molecule has 0 bridgehead atoms. The van der Waals surface area contributed by atoms with Crippen LogP contribution in [-0.4, -0.2) is 44.3 Å². The van der Waals surface area contributed by atoms with Crippen molar-refractivity contribution in [2.24, 2.45) is 0 Å². The molecule has 4 aromatic carbocycles. The average molecular weight is 636 g/mol. The van der Waals surface area contributed by atoms with Gasteiger partial charge in [-0.1, -0.05) is 77.8 Å². The molecule has 1 atom stereocenters. The van der Waals surface area contributed by atoms with Crippen molar-refractivity contribution < 1.29 is 22.4 Å². The van der Waals surface area contributed by atoms with Crippen molar-refractivity contribution in [2.45, 2.75) is 44.7 Å². The van der Waals surface area contributed by atoms with Gasteiger partial charge < -0.3 is 10.2 Å². The number of hydrogen-bond acceptors (Lipinski definition) is 4. The van der Waals surface area contributed by atoms with Gasteiger partial charge in [0.05, 0.1) is 10.6 Å². The van der Waals surface area contributed by atoms with Gasteiger partial charge in [-0.05, 0) is 68.3 Å². The quantitative estimate of drug-likeness (QED) is 0.205. The lowest BCUT2D eigenvalue weighted by atomic mass is 10.0. The lowest BCUT2D eigenvalue weighted by Crippen LogP contribution is -2.53. The number of aryl methyl sites for hydroxylation is 2. The zero-order valence-electron chi connectivity index (χ0n) is 24.8. The van der Waals surface area contributed by atoms with Crippen molar-refractivity contribution in [1.29, 1.82) is 0 Å². The summed E-state index contributed by atoms with van der Waals surface area (Å²) in [4.78, 5) is 29.2. The Balaban J connectivity index is 1.83. The van der Waals surface area contributed by atoms with Crippen molar-refractivity contribution >= 4 is 39.1 Å². The van der Waals surface area contributed by atoms with Crippen LogP contribution in [0.5, 0.6) is 0 Å². The Kier molecular flexibility index (Phi) is 10.8. The van der Waals surface area contributed by atoms with Gasteiger partial charge in [-0.3, -0.25) is 13.9 Å². The zero-order valence-corrected chi connectivity index (χ0v) is 26.4. The number of carbonyl (C=O) groups excluding carboxylic acids is 2. The molecule has 44 heavy (non-hydrogen) atoms. The molecule has 0 heterocycles. The second-order valence-electron chi connectivity index (χ2n) is 10.5. The topological polar surface area (TPSA) is 86.8 Å². The molecule has 7 nitrogen and oxygen atoms in total. The van der Waals surface area contributed by atoms with Gasteiger partial charge in [0.1, 0.15) is 18.4 Å². The summed E-state index contributed by atoms with van der Waals surface area (Å²) in [7, 11) is -4.26. The van der Waals surface area contributed by atoms with Crippen molar-refractivity contribution in [3.8, 4) is 0 Å². The maximum Gasteiger partial charge on any atom is 0.264 e. The van der Waals surface area contributed by atoms with E-state index >= 15 is 0 Å². The van der Waals surface area contributed by atoms with E-state index < -0.39 is 40.2 Å². The maximum absolute atomic E-state index is 15.0. The molecule has 0 saturated carbocycles. The highest BCUT2D eigenvalue weighted by Gasteiger charge is 2.35. The third-order valence-electron chi connectivity index (χ3n) is 7.24. The largest absolute Gasteiger partial charge is 0.355 e. The molecule has 4 rings (SSSR count). The molecule has 0 aliphatic carbocycles. The van der Waals surface area contributed by atoms with E-state index in [1.807, 2.05) is 37.3 Å². The van der Waals surface area contributed by atoms with Crippen LogP contribution in [0.4, 0.5) is 10.1 Å². The first-order chi connectivity index (χ1) is 21.0. The standard InChI is InChI=1S/C34H35ClFN3O4S/c1-4-37-34(41)32(21-26-10-6-5-7-11-26)38(22-27-12-8-9-13-30(27)36)33(40)23-39(31-19-16-28(35)20-25(31)3)44(42,43)29-17-14-24(2)15-18-29/h5-20,32H,4,21-23H2,1-3H3,(H,37,41)/t32-/m0/s1. The highest BCUT2D eigenvalue weighted by molar-refractivity contribution is 7.92. The summed E-state index contributed by atoms with van der Waals surface area (Å²) >= 11 is 6.19. The number of likely N-dealkylation sites (N-methyl/N-ethyl adjacent to an activating group) is 1. The Morgan fingerprint density at radius 2 is 1.57 bits per heavy atom. The first-order valence-electron chi connectivity index (χ1n) is 14.2. The third kappa shape index (κ3) is 7.84. The fourth-order valence-electron chi connectivity index (χ4n) is 4.91. The summed E-state index contributed by atoms with van der Waals surface area (Å²) in [5.41, 5.74) is 2.64. The van der Waals surface area contributed by atoms with Gasteiger partial charge in [0, 0.05) is 30.1 Å². The van der Waals surface area contributed by atoms with Gasteiger partial charge in [-0.25, -0.2) is 12.8 Å². The molecule has 0 fully saturated rings. The first-order valence-corrected chi connectivity index (χ1v) is 16.0. The number of halogens is 2. The van der Waals surface area contributed by atoms with Crippen LogP contribution in [0.1, 0.15) is 29.2 Å². The lowest BCUT2D eigenvalue weighted by Gasteiger charge is -2.34. The minimum absolute atomic E-state index is 0.00420.